The molecule has 150 valence electrons. The van der Waals surface area contributed by atoms with Crippen molar-refractivity contribution in [1.82, 2.24) is 10.6 Å². The second-order valence-corrected chi connectivity index (χ2v) is 7.93. The van der Waals surface area contributed by atoms with Gasteiger partial charge in [0, 0.05) is 15.1 Å². The predicted octanol–water partition coefficient (Wildman–Crippen LogP) is 5.24. The Balaban J connectivity index is 1.44. The zero-order chi connectivity index (χ0) is 20.8. The van der Waals surface area contributed by atoms with E-state index in [0.29, 0.717) is 23.1 Å². The number of carbonyl (C=O) groups is 1. The van der Waals surface area contributed by atoms with Crippen LogP contribution < -0.4 is 15.4 Å². The maximum Gasteiger partial charge on any atom is 0.264 e. The Morgan fingerprint density at radius 3 is 2.66 bits per heavy atom. The topological polar surface area (TPSA) is 63.5 Å². The molecule has 1 aromatic heterocycles. The number of nitrogens with one attached hydrogen (secondary N) is 2. The number of amides is 1. The SMILES string of the molecule is Cc1cc(OCC(=O)NC(=S)NCc2ccc(-c3ccc(Br)cc3)o2)ccc1Cl. The molecule has 0 fully saturated rings. The summed E-state index contributed by atoms with van der Waals surface area (Å²) in [5, 5.41) is 6.37. The minimum atomic E-state index is -0.356. The van der Waals surface area contributed by atoms with Crippen LogP contribution in [-0.4, -0.2) is 17.6 Å². The third-order valence-electron chi connectivity index (χ3n) is 3.97. The maximum absolute atomic E-state index is 12.0. The van der Waals surface area contributed by atoms with Crippen LogP contribution in [0.25, 0.3) is 11.3 Å². The summed E-state index contributed by atoms with van der Waals surface area (Å²) in [5.74, 6) is 1.67. The van der Waals surface area contributed by atoms with Crippen molar-refractivity contribution in [2.75, 3.05) is 6.61 Å². The molecule has 1 amide bonds. The average Bonchev–Trinajstić information content (AvgIpc) is 3.17. The Labute approximate surface area is 187 Å². The van der Waals surface area contributed by atoms with Crippen LogP contribution >= 0.6 is 39.7 Å². The molecule has 1 heterocycles. The highest BCUT2D eigenvalue weighted by molar-refractivity contribution is 9.10. The highest BCUT2D eigenvalue weighted by Crippen LogP contribution is 2.24. The minimum absolute atomic E-state index is 0.155. The van der Waals surface area contributed by atoms with Gasteiger partial charge in [-0.1, -0.05) is 39.7 Å². The van der Waals surface area contributed by atoms with Gasteiger partial charge in [-0.05, 0) is 67.2 Å². The van der Waals surface area contributed by atoms with E-state index < -0.39 is 0 Å². The highest BCUT2D eigenvalue weighted by atomic mass is 79.9. The maximum atomic E-state index is 12.0. The number of benzene rings is 2. The number of furan rings is 1. The molecule has 2 aromatic carbocycles. The number of ether oxygens (including phenoxy) is 1. The summed E-state index contributed by atoms with van der Waals surface area (Å²) in [6.07, 6.45) is 0. The molecule has 3 aromatic rings. The van der Waals surface area contributed by atoms with E-state index in [4.69, 9.17) is 33.0 Å². The number of hydrogen-bond donors (Lipinski definition) is 2. The van der Waals surface area contributed by atoms with Crippen molar-refractivity contribution in [3.63, 3.8) is 0 Å². The van der Waals surface area contributed by atoms with Crippen LogP contribution in [0.2, 0.25) is 5.02 Å². The fourth-order valence-corrected chi connectivity index (χ4v) is 3.04. The van der Waals surface area contributed by atoms with E-state index in [0.717, 1.165) is 21.4 Å². The first-order valence-electron chi connectivity index (χ1n) is 8.72. The smallest absolute Gasteiger partial charge is 0.264 e. The van der Waals surface area contributed by atoms with Crippen molar-refractivity contribution in [3.8, 4) is 17.1 Å². The molecule has 0 aliphatic carbocycles. The summed E-state index contributed by atoms with van der Waals surface area (Å²) in [6, 6.07) is 16.8. The lowest BCUT2D eigenvalue weighted by molar-refractivity contribution is -0.121. The van der Waals surface area contributed by atoms with Crippen LogP contribution in [-0.2, 0) is 11.3 Å². The molecule has 3 rings (SSSR count). The second kappa shape index (κ2) is 9.91. The largest absolute Gasteiger partial charge is 0.484 e. The molecule has 0 aliphatic rings. The van der Waals surface area contributed by atoms with Gasteiger partial charge in [-0.25, -0.2) is 0 Å². The van der Waals surface area contributed by atoms with E-state index in [1.54, 1.807) is 18.2 Å². The van der Waals surface area contributed by atoms with Gasteiger partial charge in [0.15, 0.2) is 11.7 Å². The normalized spacial score (nSPS) is 10.4. The first-order valence-corrected chi connectivity index (χ1v) is 10.3. The van der Waals surface area contributed by atoms with Gasteiger partial charge in [0.25, 0.3) is 5.91 Å². The van der Waals surface area contributed by atoms with Gasteiger partial charge < -0.3 is 19.8 Å². The van der Waals surface area contributed by atoms with Crippen molar-refractivity contribution in [2.45, 2.75) is 13.5 Å². The van der Waals surface area contributed by atoms with Gasteiger partial charge in [0.2, 0.25) is 0 Å². The van der Waals surface area contributed by atoms with Gasteiger partial charge in [-0.3, -0.25) is 4.79 Å². The van der Waals surface area contributed by atoms with E-state index in [1.165, 1.54) is 0 Å². The first kappa shape index (κ1) is 21.4. The standard InChI is InChI=1S/C21H18BrClN2O3S/c1-13-10-16(6-8-18(13)23)27-12-20(26)25-21(29)24-11-17-7-9-19(28-17)14-2-4-15(22)5-3-14/h2-10H,11-12H2,1H3,(H2,24,25,26,29). The third-order valence-corrected chi connectivity index (χ3v) is 5.17. The van der Waals surface area contributed by atoms with Crippen LogP contribution in [0.3, 0.4) is 0 Å². The Bertz CT molecular complexity index is 1020. The number of thiocarbonyl (C=S) groups is 1. The number of halogens is 2. The molecule has 0 atom stereocenters. The zero-order valence-corrected chi connectivity index (χ0v) is 18.7. The zero-order valence-electron chi connectivity index (χ0n) is 15.5. The number of rotatable bonds is 6. The van der Waals surface area contributed by atoms with E-state index in [9.17, 15) is 4.79 Å². The van der Waals surface area contributed by atoms with Gasteiger partial charge in [-0.15, -0.1) is 0 Å². The van der Waals surface area contributed by atoms with Crippen molar-refractivity contribution < 1.29 is 13.9 Å². The van der Waals surface area contributed by atoms with Crippen LogP contribution in [0.1, 0.15) is 11.3 Å². The Morgan fingerprint density at radius 2 is 1.93 bits per heavy atom. The van der Waals surface area contributed by atoms with E-state index in [1.807, 2.05) is 43.3 Å². The molecule has 0 unspecified atom stereocenters. The molecule has 0 bridgehead atoms. The molecular weight excluding hydrogens is 476 g/mol. The van der Waals surface area contributed by atoms with Gasteiger partial charge in [-0.2, -0.15) is 0 Å². The fraction of sp³-hybridized carbons (Fsp3) is 0.143. The molecular formula is C21H18BrClN2O3S. The summed E-state index contributed by atoms with van der Waals surface area (Å²) in [5.41, 5.74) is 1.85. The van der Waals surface area contributed by atoms with Gasteiger partial charge in [0.1, 0.15) is 17.3 Å². The van der Waals surface area contributed by atoms with Crippen LogP contribution in [0.5, 0.6) is 5.75 Å². The summed E-state index contributed by atoms with van der Waals surface area (Å²) >= 11 is 14.5. The molecule has 5 nitrogen and oxygen atoms in total. The molecule has 8 heteroatoms. The monoisotopic (exact) mass is 492 g/mol. The summed E-state index contributed by atoms with van der Waals surface area (Å²) in [4.78, 5) is 12.0. The molecule has 2 N–H and O–H groups in total. The summed E-state index contributed by atoms with van der Waals surface area (Å²) < 4.78 is 12.3. The lowest BCUT2D eigenvalue weighted by atomic mass is 10.2. The van der Waals surface area contributed by atoms with Crippen molar-refractivity contribution in [2.24, 2.45) is 0 Å². The van der Waals surface area contributed by atoms with Crippen LogP contribution in [0.4, 0.5) is 0 Å². The third kappa shape index (κ3) is 6.32. The molecule has 0 spiro atoms. The summed E-state index contributed by atoms with van der Waals surface area (Å²) in [6.45, 7) is 2.06. The molecule has 29 heavy (non-hydrogen) atoms. The van der Waals surface area contributed by atoms with Gasteiger partial charge in [0.05, 0.1) is 6.54 Å². The lowest BCUT2D eigenvalue weighted by Crippen LogP contribution is -2.41. The Kier molecular flexibility index (Phi) is 7.30. The lowest BCUT2D eigenvalue weighted by Gasteiger charge is -2.10. The molecule has 0 saturated carbocycles. The van der Waals surface area contributed by atoms with Crippen molar-refractivity contribution in [1.29, 1.82) is 0 Å². The minimum Gasteiger partial charge on any atom is -0.484 e. The van der Waals surface area contributed by atoms with Gasteiger partial charge >= 0.3 is 0 Å². The summed E-state index contributed by atoms with van der Waals surface area (Å²) in [7, 11) is 0. The number of aryl methyl sites for hydroxylation is 1. The number of carbonyl (C=O) groups excluding carboxylic acids is 1. The van der Waals surface area contributed by atoms with Crippen LogP contribution in [0, 0.1) is 6.92 Å². The van der Waals surface area contributed by atoms with E-state index >= 15 is 0 Å². The van der Waals surface area contributed by atoms with E-state index in [-0.39, 0.29) is 17.6 Å². The number of hydrogen-bond acceptors (Lipinski definition) is 4. The highest BCUT2D eigenvalue weighted by Gasteiger charge is 2.09. The van der Waals surface area contributed by atoms with Crippen molar-refractivity contribution in [3.05, 3.63) is 75.4 Å². The Hall–Kier alpha value is -2.35. The first-order chi connectivity index (χ1) is 13.9. The van der Waals surface area contributed by atoms with Crippen LogP contribution in [0.15, 0.2) is 63.5 Å². The van der Waals surface area contributed by atoms with Crippen molar-refractivity contribution >= 4 is 50.8 Å². The molecule has 0 aliphatic heterocycles. The quantitative estimate of drug-likeness (QED) is 0.460. The molecule has 0 saturated heterocycles. The predicted molar refractivity (Wildman–Crippen MR) is 121 cm³/mol. The molecule has 0 radical (unpaired) electrons. The Morgan fingerprint density at radius 1 is 1.17 bits per heavy atom. The fourth-order valence-electron chi connectivity index (χ4n) is 2.47. The van der Waals surface area contributed by atoms with E-state index in [2.05, 4.69) is 26.6 Å². The average molecular weight is 494 g/mol. The second-order valence-electron chi connectivity index (χ2n) is 6.20.